The van der Waals surface area contributed by atoms with Crippen molar-refractivity contribution in [1.82, 2.24) is 4.90 Å². The number of ether oxygens (including phenoxy) is 2. The van der Waals surface area contributed by atoms with Crippen LogP contribution in [0.15, 0.2) is 91.0 Å². The number of benzene rings is 3. The maximum atomic E-state index is 14.7. The fourth-order valence-corrected chi connectivity index (χ4v) is 7.70. The predicted octanol–water partition coefficient (Wildman–Crippen LogP) is 4.10. The van der Waals surface area contributed by atoms with Gasteiger partial charge in [-0.05, 0) is 67.4 Å². The average molecular weight is 608 g/mol. The first-order chi connectivity index (χ1) is 21.8. The molecule has 0 bridgehead atoms. The Kier molecular flexibility index (Phi) is 7.25. The van der Waals surface area contributed by atoms with Crippen molar-refractivity contribution in [2.75, 3.05) is 42.6 Å². The molecule has 2 saturated heterocycles. The second-order valence-electron chi connectivity index (χ2n) is 12.3. The number of fused-ring (bicyclic) bond motifs is 3. The highest BCUT2D eigenvalue weighted by Gasteiger charge is 2.74. The zero-order chi connectivity index (χ0) is 31.3. The molecule has 2 fully saturated rings. The van der Waals surface area contributed by atoms with Gasteiger partial charge < -0.3 is 29.3 Å². The first-order valence-electron chi connectivity index (χ1n) is 15.6. The summed E-state index contributed by atoms with van der Waals surface area (Å²) < 4.78 is 12.5. The number of carbonyl (C=O) groups excluding carboxylic acids is 3. The molecular formula is C36H37N3O6. The van der Waals surface area contributed by atoms with Crippen LogP contribution in [0, 0.1) is 11.8 Å². The Morgan fingerprint density at radius 1 is 0.844 bits per heavy atom. The molecular weight excluding hydrogens is 570 g/mol. The van der Waals surface area contributed by atoms with E-state index in [0.29, 0.717) is 31.0 Å². The molecule has 232 valence electrons. The molecule has 3 amide bonds. The van der Waals surface area contributed by atoms with Crippen LogP contribution >= 0.6 is 0 Å². The Balaban J connectivity index is 1.30. The molecule has 4 heterocycles. The molecule has 9 nitrogen and oxygen atoms in total. The summed E-state index contributed by atoms with van der Waals surface area (Å²) in [6.07, 6.45) is 7.81. The van der Waals surface area contributed by atoms with E-state index in [1.54, 1.807) is 9.80 Å². The van der Waals surface area contributed by atoms with Gasteiger partial charge in [-0.25, -0.2) is 0 Å². The van der Waals surface area contributed by atoms with Gasteiger partial charge in [0, 0.05) is 37.6 Å². The van der Waals surface area contributed by atoms with Crippen molar-refractivity contribution in [3.63, 3.8) is 0 Å². The van der Waals surface area contributed by atoms with Crippen LogP contribution in [0.2, 0.25) is 0 Å². The maximum Gasteiger partial charge on any atom is 0.253 e. The van der Waals surface area contributed by atoms with E-state index in [4.69, 9.17) is 9.47 Å². The quantitative estimate of drug-likeness (QED) is 0.406. The van der Waals surface area contributed by atoms with E-state index in [1.165, 1.54) is 4.90 Å². The van der Waals surface area contributed by atoms with Gasteiger partial charge in [0.05, 0.1) is 24.0 Å². The second-order valence-corrected chi connectivity index (χ2v) is 12.3. The Bertz CT molecular complexity index is 1720. The largest absolute Gasteiger partial charge is 0.494 e. The summed E-state index contributed by atoms with van der Waals surface area (Å²) in [5.41, 5.74) is -1.08. The fourth-order valence-electron chi connectivity index (χ4n) is 7.70. The number of anilines is 2. The maximum absolute atomic E-state index is 14.7. The average Bonchev–Trinajstić information content (AvgIpc) is 3.30. The smallest absolute Gasteiger partial charge is 0.253 e. The van der Waals surface area contributed by atoms with Gasteiger partial charge in [-0.15, -0.1) is 0 Å². The summed E-state index contributed by atoms with van der Waals surface area (Å²) in [7, 11) is 0. The third-order valence-electron chi connectivity index (χ3n) is 9.62. The van der Waals surface area contributed by atoms with Crippen LogP contribution in [0.4, 0.5) is 11.4 Å². The molecule has 7 rings (SSSR count). The number of likely N-dealkylation sites (tertiary alicyclic amines) is 1. The molecule has 4 aliphatic heterocycles. The van der Waals surface area contributed by atoms with Crippen molar-refractivity contribution in [2.45, 2.75) is 37.5 Å². The van der Waals surface area contributed by atoms with Crippen LogP contribution in [0.25, 0.3) is 10.8 Å². The summed E-state index contributed by atoms with van der Waals surface area (Å²) >= 11 is 0. The zero-order valence-corrected chi connectivity index (χ0v) is 25.5. The number of hydrogen-bond acceptors (Lipinski definition) is 6. The highest BCUT2D eigenvalue weighted by atomic mass is 16.5. The predicted molar refractivity (Wildman–Crippen MR) is 171 cm³/mol. The van der Waals surface area contributed by atoms with Gasteiger partial charge in [-0.2, -0.15) is 0 Å². The van der Waals surface area contributed by atoms with Gasteiger partial charge >= 0.3 is 0 Å². The van der Waals surface area contributed by atoms with Gasteiger partial charge in [-0.1, -0.05) is 54.6 Å². The molecule has 4 aliphatic rings. The number of nitrogens with zero attached hydrogens (tertiary/aromatic N) is 3. The molecule has 0 aromatic heterocycles. The van der Waals surface area contributed by atoms with Crippen molar-refractivity contribution in [3.05, 3.63) is 91.0 Å². The van der Waals surface area contributed by atoms with Crippen LogP contribution < -0.4 is 14.5 Å². The Labute approximate surface area is 262 Å². The van der Waals surface area contributed by atoms with E-state index in [2.05, 4.69) is 0 Å². The summed E-state index contributed by atoms with van der Waals surface area (Å²) in [6.45, 7) is 4.93. The molecule has 5 atom stereocenters. The summed E-state index contributed by atoms with van der Waals surface area (Å²) in [6, 6.07) is 20.2. The first-order valence-corrected chi connectivity index (χ1v) is 15.6. The SMILES string of the molecule is CCOc1ccc(N2CC=C[C@@]3(C)O[C@]45C=CCN(c6ccc7ccccc7c6)C(=O)C4N(CCCO)C(=O)[C@@H]5[C@H]3C2=O)cc1. The second kappa shape index (κ2) is 11.2. The van der Waals surface area contributed by atoms with E-state index < -0.39 is 29.1 Å². The number of aliphatic hydroxyl groups excluding tert-OH is 1. The fraction of sp³-hybridized carbons (Fsp3) is 0.361. The summed E-state index contributed by atoms with van der Waals surface area (Å²) in [5, 5.41) is 11.8. The molecule has 0 radical (unpaired) electrons. The molecule has 1 N–H and O–H groups in total. The van der Waals surface area contributed by atoms with Crippen molar-refractivity contribution >= 4 is 39.9 Å². The Morgan fingerprint density at radius 2 is 1.53 bits per heavy atom. The minimum Gasteiger partial charge on any atom is -0.494 e. The van der Waals surface area contributed by atoms with Crippen LogP contribution in [-0.4, -0.2) is 77.8 Å². The van der Waals surface area contributed by atoms with Gasteiger partial charge in [0.25, 0.3) is 5.91 Å². The standard InChI is InChI=1S/C36H37N3O6/c1-3-44-28-15-13-26(14-16-28)37-19-6-17-35(2)29(32(37)41)30-33(42)39(21-8-22-40)31-34(43)38(20-7-18-36(30,31)45-35)27-12-11-24-9-4-5-10-25(24)23-27/h4-7,9-18,23,29-31,40H,3,8,19-22H2,1-2H3/t29-,30-,31?,35+,36-/m0/s1. The van der Waals surface area contributed by atoms with E-state index in [0.717, 1.165) is 16.5 Å². The highest BCUT2D eigenvalue weighted by molar-refractivity contribution is 6.08. The molecule has 3 aromatic carbocycles. The lowest BCUT2D eigenvalue weighted by Gasteiger charge is -2.37. The van der Waals surface area contributed by atoms with Gasteiger partial charge in [0.1, 0.15) is 17.4 Å². The zero-order valence-electron chi connectivity index (χ0n) is 25.5. The van der Waals surface area contributed by atoms with E-state index in [-0.39, 0.29) is 37.4 Å². The third kappa shape index (κ3) is 4.56. The van der Waals surface area contributed by atoms with E-state index in [9.17, 15) is 19.5 Å². The molecule has 1 spiro atoms. The molecule has 45 heavy (non-hydrogen) atoms. The lowest BCUT2D eigenvalue weighted by Crippen LogP contribution is -2.56. The van der Waals surface area contributed by atoms with Crippen LogP contribution in [0.3, 0.4) is 0 Å². The number of hydrogen-bond donors (Lipinski definition) is 1. The third-order valence-corrected chi connectivity index (χ3v) is 9.62. The van der Waals surface area contributed by atoms with Crippen LogP contribution in [-0.2, 0) is 19.1 Å². The number of aliphatic hydroxyl groups is 1. The van der Waals surface area contributed by atoms with E-state index in [1.807, 2.05) is 105 Å². The lowest BCUT2D eigenvalue weighted by molar-refractivity contribution is -0.144. The first kappa shape index (κ1) is 29.3. The molecule has 9 heteroatoms. The number of rotatable bonds is 7. The van der Waals surface area contributed by atoms with Crippen LogP contribution in [0.1, 0.15) is 20.3 Å². The lowest BCUT2D eigenvalue weighted by atomic mass is 9.74. The molecule has 0 saturated carbocycles. The molecule has 1 unspecified atom stereocenters. The topological polar surface area (TPSA) is 99.6 Å². The number of carbonyl (C=O) groups is 3. The minimum absolute atomic E-state index is 0.137. The van der Waals surface area contributed by atoms with E-state index >= 15 is 0 Å². The normalized spacial score (nSPS) is 29.1. The van der Waals surface area contributed by atoms with Gasteiger partial charge in [-0.3, -0.25) is 14.4 Å². The summed E-state index contributed by atoms with van der Waals surface area (Å²) in [5.74, 6) is -1.91. The van der Waals surface area contributed by atoms with Crippen LogP contribution in [0.5, 0.6) is 5.75 Å². The minimum atomic E-state index is -1.36. The number of amides is 3. The van der Waals surface area contributed by atoms with Gasteiger partial charge in [0.2, 0.25) is 11.8 Å². The van der Waals surface area contributed by atoms with Crippen molar-refractivity contribution in [3.8, 4) is 5.75 Å². The van der Waals surface area contributed by atoms with Gasteiger partial charge in [0.15, 0.2) is 0 Å². The van der Waals surface area contributed by atoms with Crippen molar-refractivity contribution in [1.29, 1.82) is 0 Å². The molecule has 3 aromatic rings. The van der Waals surface area contributed by atoms with Crippen molar-refractivity contribution in [2.24, 2.45) is 11.8 Å². The monoisotopic (exact) mass is 607 g/mol. The Hall–Kier alpha value is -4.47. The highest BCUT2D eigenvalue weighted by Crippen LogP contribution is 2.57. The summed E-state index contributed by atoms with van der Waals surface area (Å²) in [4.78, 5) is 48.6. The Morgan fingerprint density at radius 3 is 2.27 bits per heavy atom. The molecule has 0 aliphatic carbocycles. The van der Waals surface area contributed by atoms with Crippen molar-refractivity contribution < 1.29 is 29.0 Å².